The zero-order chi connectivity index (χ0) is 23.0. The van der Waals surface area contributed by atoms with Gasteiger partial charge < -0.3 is 5.11 Å². The third-order valence-corrected chi connectivity index (χ3v) is 6.00. The zero-order valence-electron chi connectivity index (χ0n) is 18.9. The number of H-pyrrole nitrogens is 1. The fourth-order valence-electron chi connectivity index (χ4n) is 4.31. The summed E-state index contributed by atoms with van der Waals surface area (Å²) in [5.74, 6) is 1.44. The monoisotopic (exact) mass is 439 g/mol. The van der Waals surface area contributed by atoms with Crippen LogP contribution in [0.3, 0.4) is 0 Å². The quantitative estimate of drug-likeness (QED) is 0.361. The lowest BCUT2D eigenvalue weighted by Crippen LogP contribution is -2.04. The fourth-order valence-corrected chi connectivity index (χ4v) is 4.31. The normalized spacial score (nSPS) is 13.7. The van der Waals surface area contributed by atoms with E-state index in [1.54, 1.807) is 0 Å². The molecule has 1 heterocycles. The van der Waals surface area contributed by atoms with Crippen LogP contribution in [0, 0.1) is 0 Å². The molecule has 1 aliphatic rings. The van der Waals surface area contributed by atoms with E-state index in [1.165, 1.54) is 48.8 Å². The Labute approximate surface area is 194 Å². The number of hydrogen-bond donors (Lipinski definition) is 2. The molecule has 4 aromatic rings. The van der Waals surface area contributed by atoms with Crippen LogP contribution in [0.4, 0.5) is 0 Å². The van der Waals surface area contributed by atoms with Gasteiger partial charge in [-0.3, -0.25) is 9.89 Å². The van der Waals surface area contributed by atoms with Gasteiger partial charge in [0.05, 0.1) is 0 Å². The molecule has 0 aliphatic heterocycles. The van der Waals surface area contributed by atoms with E-state index in [0.717, 1.165) is 35.6 Å². The number of aliphatic carboxylic acids is 1. The van der Waals surface area contributed by atoms with Crippen LogP contribution >= 0.6 is 0 Å². The van der Waals surface area contributed by atoms with Crippen molar-refractivity contribution in [2.45, 2.75) is 44.9 Å². The zero-order valence-corrected chi connectivity index (χ0v) is 18.9. The highest BCUT2D eigenvalue weighted by Gasteiger charge is 2.15. The number of benzene rings is 3. The molecule has 0 amide bonds. The van der Waals surface area contributed by atoms with Crippen molar-refractivity contribution in [3.05, 3.63) is 84.4 Å². The summed E-state index contributed by atoms with van der Waals surface area (Å²) < 4.78 is 0. The summed E-state index contributed by atoms with van der Waals surface area (Å²) in [7, 11) is 0. The SMILES string of the molecule is CC(=O)O.c1ccc(-c2n[nH]c(-c3ccc(-c4ccc(C5CCCCC5)cc4)cc3)n2)cc1. The molecule has 5 rings (SSSR count). The van der Waals surface area contributed by atoms with E-state index in [0.29, 0.717) is 0 Å². The highest BCUT2D eigenvalue weighted by molar-refractivity contribution is 5.69. The van der Waals surface area contributed by atoms with Gasteiger partial charge in [-0.15, -0.1) is 0 Å². The first-order chi connectivity index (χ1) is 16.1. The lowest BCUT2D eigenvalue weighted by atomic mass is 9.84. The first-order valence-electron chi connectivity index (χ1n) is 11.5. The Bertz CT molecular complexity index is 1160. The molecule has 5 heteroatoms. The van der Waals surface area contributed by atoms with Crippen molar-refractivity contribution < 1.29 is 9.90 Å². The minimum Gasteiger partial charge on any atom is -0.481 e. The first kappa shape index (κ1) is 22.5. The van der Waals surface area contributed by atoms with Gasteiger partial charge in [-0.1, -0.05) is 98.1 Å². The number of carbonyl (C=O) groups is 1. The molecule has 0 radical (unpaired) electrons. The van der Waals surface area contributed by atoms with Crippen LogP contribution in [0.5, 0.6) is 0 Å². The number of hydrogen-bond acceptors (Lipinski definition) is 3. The summed E-state index contributed by atoms with van der Waals surface area (Å²) in [4.78, 5) is 13.6. The molecule has 1 aromatic heterocycles. The lowest BCUT2D eigenvalue weighted by molar-refractivity contribution is -0.134. The van der Waals surface area contributed by atoms with Crippen molar-refractivity contribution in [1.82, 2.24) is 15.2 Å². The molecule has 0 saturated heterocycles. The topological polar surface area (TPSA) is 78.9 Å². The standard InChI is InChI=1S/C26H25N3.C2H4O2/c1-3-7-19(8-4-1)20-11-13-21(14-12-20)22-15-17-24(18-16-22)26-27-25(28-29-26)23-9-5-2-6-10-23;1-2(3)4/h2,5-6,9-19H,1,3-4,7-8H2,(H,27,28,29);1H3,(H,3,4). The van der Waals surface area contributed by atoms with Crippen LogP contribution in [-0.2, 0) is 4.79 Å². The maximum atomic E-state index is 9.00. The molecule has 168 valence electrons. The third kappa shape index (κ3) is 5.95. The average Bonchev–Trinajstić information content (AvgIpc) is 3.36. The van der Waals surface area contributed by atoms with Crippen molar-refractivity contribution in [2.75, 3.05) is 0 Å². The predicted octanol–water partition coefficient (Wildman–Crippen LogP) is 6.94. The Morgan fingerprint density at radius 2 is 1.33 bits per heavy atom. The molecule has 0 unspecified atom stereocenters. The highest BCUT2D eigenvalue weighted by atomic mass is 16.4. The third-order valence-electron chi connectivity index (χ3n) is 6.00. The van der Waals surface area contributed by atoms with E-state index in [2.05, 4.69) is 63.7 Å². The van der Waals surface area contributed by atoms with Crippen LogP contribution in [0.1, 0.15) is 50.5 Å². The molecule has 3 aromatic carbocycles. The van der Waals surface area contributed by atoms with Gasteiger partial charge in [0.15, 0.2) is 11.6 Å². The van der Waals surface area contributed by atoms with E-state index >= 15 is 0 Å². The molecule has 0 atom stereocenters. The van der Waals surface area contributed by atoms with Crippen LogP contribution in [0.15, 0.2) is 78.9 Å². The highest BCUT2D eigenvalue weighted by Crippen LogP contribution is 2.33. The number of nitrogens with zero attached hydrogens (tertiary/aromatic N) is 2. The van der Waals surface area contributed by atoms with Crippen molar-refractivity contribution in [3.63, 3.8) is 0 Å². The summed E-state index contributed by atoms with van der Waals surface area (Å²) in [6.45, 7) is 1.08. The Kier molecular flexibility index (Phi) is 7.30. The van der Waals surface area contributed by atoms with Crippen molar-refractivity contribution in [3.8, 4) is 33.9 Å². The first-order valence-corrected chi connectivity index (χ1v) is 11.5. The van der Waals surface area contributed by atoms with Gasteiger partial charge in [-0.25, -0.2) is 4.98 Å². The van der Waals surface area contributed by atoms with E-state index < -0.39 is 5.97 Å². The average molecular weight is 440 g/mol. The minimum absolute atomic E-state index is 0.725. The van der Waals surface area contributed by atoms with Gasteiger partial charge in [0.25, 0.3) is 5.97 Å². The van der Waals surface area contributed by atoms with Gasteiger partial charge in [-0.05, 0) is 35.4 Å². The van der Waals surface area contributed by atoms with Crippen LogP contribution in [0.25, 0.3) is 33.9 Å². The van der Waals surface area contributed by atoms with Crippen molar-refractivity contribution in [2.24, 2.45) is 0 Å². The summed E-state index contributed by atoms with van der Waals surface area (Å²) in [5, 5.41) is 14.8. The molecule has 1 aliphatic carbocycles. The molecule has 0 spiro atoms. The van der Waals surface area contributed by atoms with Gasteiger partial charge in [0.2, 0.25) is 0 Å². The second-order valence-electron chi connectivity index (χ2n) is 8.43. The fraction of sp³-hybridized carbons (Fsp3) is 0.250. The largest absolute Gasteiger partial charge is 0.481 e. The van der Waals surface area contributed by atoms with Crippen molar-refractivity contribution in [1.29, 1.82) is 0 Å². The number of aromatic nitrogens is 3. The molecule has 2 N–H and O–H groups in total. The second-order valence-corrected chi connectivity index (χ2v) is 8.43. The molecule has 0 bridgehead atoms. The van der Waals surface area contributed by atoms with E-state index in [4.69, 9.17) is 9.90 Å². The molecule has 1 fully saturated rings. The number of aromatic amines is 1. The Morgan fingerprint density at radius 1 is 0.788 bits per heavy atom. The summed E-state index contributed by atoms with van der Waals surface area (Å²) in [6, 6.07) is 27.8. The Morgan fingerprint density at radius 3 is 1.94 bits per heavy atom. The number of nitrogens with one attached hydrogen (secondary N) is 1. The lowest BCUT2D eigenvalue weighted by Gasteiger charge is -2.22. The molecule has 33 heavy (non-hydrogen) atoms. The van der Waals surface area contributed by atoms with Gasteiger partial charge >= 0.3 is 0 Å². The van der Waals surface area contributed by atoms with E-state index in [-0.39, 0.29) is 0 Å². The smallest absolute Gasteiger partial charge is 0.300 e. The molecule has 1 saturated carbocycles. The maximum Gasteiger partial charge on any atom is 0.300 e. The van der Waals surface area contributed by atoms with E-state index in [9.17, 15) is 0 Å². The summed E-state index contributed by atoms with van der Waals surface area (Å²) >= 11 is 0. The predicted molar refractivity (Wildman–Crippen MR) is 132 cm³/mol. The number of carboxylic acid groups (broad SMARTS) is 1. The van der Waals surface area contributed by atoms with E-state index in [1.807, 2.05) is 30.3 Å². The summed E-state index contributed by atoms with van der Waals surface area (Å²) in [6.07, 6.45) is 6.84. The molecule has 5 nitrogen and oxygen atoms in total. The van der Waals surface area contributed by atoms with Gasteiger partial charge in [0.1, 0.15) is 0 Å². The van der Waals surface area contributed by atoms with Gasteiger partial charge in [0, 0.05) is 18.1 Å². The van der Waals surface area contributed by atoms with Crippen molar-refractivity contribution >= 4 is 5.97 Å². The van der Waals surface area contributed by atoms with Crippen LogP contribution in [0.2, 0.25) is 0 Å². The molecular formula is C28H29N3O2. The second kappa shape index (κ2) is 10.7. The summed E-state index contributed by atoms with van der Waals surface area (Å²) in [5.41, 5.74) is 6.05. The number of rotatable bonds is 4. The minimum atomic E-state index is -0.833. The van der Waals surface area contributed by atoms with Gasteiger partial charge in [-0.2, -0.15) is 5.10 Å². The van der Waals surface area contributed by atoms with Crippen LogP contribution < -0.4 is 0 Å². The maximum absolute atomic E-state index is 9.00. The Hall–Kier alpha value is -3.73. The van der Waals surface area contributed by atoms with Crippen LogP contribution in [-0.4, -0.2) is 26.3 Å². The molecular weight excluding hydrogens is 410 g/mol. The number of carboxylic acids is 1. The Balaban J connectivity index is 0.000000601.